The van der Waals surface area contributed by atoms with E-state index in [2.05, 4.69) is 170 Å². The van der Waals surface area contributed by atoms with Crippen LogP contribution in [0.2, 0.25) is 0 Å². The van der Waals surface area contributed by atoms with Gasteiger partial charge in [0.1, 0.15) is 0 Å². The summed E-state index contributed by atoms with van der Waals surface area (Å²) in [6.45, 7) is 6.93. The molecule has 0 spiro atoms. The Morgan fingerprint density at radius 2 is 1.51 bits per heavy atom. The lowest BCUT2D eigenvalue weighted by molar-refractivity contribution is 0.447. The number of allylic oxidation sites excluding steroid dienone is 5. The Morgan fingerprint density at radius 3 is 2.36 bits per heavy atom. The fourth-order valence-corrected chi connectivity index (χ4v) is 8.02. The third kappa shape index (κ3) is 4.30. The zero-order chi connectivity index (χ0) is 31.8. The first-order valence-electron chi connectivity index (χ1n) is 16.7. The summed E-state index contributed by atoms with van der Waals surface area (Å²) in [5.41, 5.74) is 14.0. The highest BCUT2D eigenvalue weighted by atomic mass is 15.2. The molecule has 1 aromatic heterocycles. The number of aromatic nitrogens is 1. The molecule has 3 heteroatoms. The highest BCUT2D eigenvalue weighted by Crippen LogP contribution is 2.51. The molecule has 2 heterocycles. The largest absolute Gasteiger partial charge is 0.357 e. The van der Waals surface area contributed by atoms with Crippen LogP contribution in [0.25, 0.3) is 44.3 Å². The monoisotopic (exact) mass is 607 g/mol. The molecule has 5 aromatic carbocycles. The third-order valence-corrected chi connectivity index (χ3v) is 10.5. The van der Waals surface area contributed by atoms with Gasteiger partial charge < -0.3 is 9.88 Å². The number of fused-ring (bicyclic) bond motifs is 6. The predicted molar refractivity (Wildman–Crippen MR) is 197 cm³/mol. The average Bonchev–Trinajstić information content (AvgIpc) is 3.56. The van der Waals surface area contributed by atoms with Gasteiger partial charge in [-0.05, 0) is 89.6 Å². The Hall–Kier alpha value is -5.41. The van der Waals surface area contributed by atoms with Crippen molar-refractivity contribution in [1.29, 1.82) is 0 Å². The Balaban J connectivity index is 1.23. The molecule has 0 amide bonds. The van der Waals surface area contributed by atoms with Gasteiger partial charge in [-0.2, -0.15) is 0 Å². The molecule has 3 aliphatic rings. The summed E-state index contributed by atoms with van der Waals surface area (Å²) >= 11 is 0. The molecule has 0 radical (unpaired) electrons. The van der Waals surface area contributed by atoms with Gasteiger partial charge in [0.15, 0.2) is 5.66 Å². The van der Waals surface area contributed by atoms with Crippen molar-refractivity contribution >= 4 is 33.2 Å². The molecule has 1 atom stereocenters. The first-order valence-corrected chi connectivity index (χ1v) is 16.7. The van der Waals surface area contributed by atoms with E-state index in [9.17, 15) is 0 Å². The molecule has 1 aliphatic heterocycles. The number of nitrogens with zero attached hydrogens (tertiary/aromatic N) is 2. The maximum absolute atomic E-state index is 5.44. The second-order valence-corrected chi connectivity index (χ2v) is 13.8. The lowest BCUT2D eigenvalue weighted by Crippen LogP contribution is -2.40. The average molecular weight is 608 g/mol. The summed E-state index contributed by atoms with van der Waals surface area (Å²) in [6, 6.07) is 42.2. The molecule has 3 nitrogen and oxygen atoms in total. The maximum atomic E-state index is 5.44. The van der Waals surface area contributed by atoms with E-state index in [-0.39, 0.29) is 5.41 Å². The minimum absolute atomic E-state index is 0.0724. The summed E-state index contributed by atoms with van der Waals surface area (Å²) < 4.78 is 2.45. The van der Waals surface area contributed by atoms with Crippen LogP contribution in [0, 0.1) is 0 Å². The van der Waals surface area contributed by atoms with E-state index in [1.54, 1.807) is 0 Å². The minimum Gasteiger partial charge on any atom is -0.357 e. The van der Waals surface area contributed by atoms with Crippen LogP contribution in [0.4, 0.5) is 0 Å². The molecule has 1 N–H and O–H groups in total. The number of hydrogen-bond acceptors (Lipinski definition) is 2. The molecule has 0 saturated heterocycles. The highest BCUT2D eigenvalue weighted by Gasteiger charge is 2.36. The number of aliphatic imine (C=N–C) groups is 1. The molecule has 6 aromatic rings. The smallest absolute Gasteiger partial charge is 0.153 e. The van der Waals surface area contributed by atoms with Crippen LogP contribution in [0.3, 0.4) is 0 Å². The molecule has 228 valence electrons. The highest BCUT2D eigenvalue weighted by molar-refractivity contribution is 6.13. The van der Waals surface area contributed by atoms with E-state index < -0.39 is 5.66 Å². The maximum Gasteiger partial charge on any atom is 0.153 e. The quantitative estimate of drug-likeness (QED) is 0.212. The molecule has 47 heavy (non-hydrogen) atoms. The predicted octanol–water partition coefficient (Wildman–Crippen LogP) is 10.6. The Kier molecular flexibility index (Phi) is 6.11. The van der Waals surface area contributed by atoms with Gasteiger partial charge in [-0.15, -0.1) is 0 Å². The first-order chi connectivity index (χ1) is 22.9. The van der Waals surface area contributed by atoms with E-state index in [0.29, 0.717) is 0 Å². The number of benzene rings is 5. The zero-order valence-electron chi connectivity index (χ0n) is 27.1. The number of rotatable bonds is 4. The summed E-state index contributed by atoms with van der Waals surface area (Å²) in [5.74, 6) is 0. The molecular weight excluding hydrogens is 571 g/mol. The SMILES string of the molecule is CC1(c2cccc(-n3c4ccccc4c4cc5c(cc43)C(C)(C)c3ccccc3-5)c2)N=C(C2=CC=CCC2)C=C(c2ccccc2)N1. The van der Waals surface area contributed by atoms with E-state index >= 15 is 0 Å². The number of hydrogen-bond donors (Lipinski definition) is 1. The van der Waals surface area contributed by atoms with Crippen molar-refractivity contribution in [2.75, 3.05) is 0 Å². The summed E-state index contributed by atoms with van der Waals surface area (Å²) in [6.07, 6.45) is 10.9. The fourth-order valence-electron chi connectivity index (χ4n) is 8.02. The van der Waals surface area contributed by atoms with Crippen LogP contribution in [0.5, 0.6) is 0 Å². The van der Waals surface area contributed by atoms with Gasteiger partial charge >= 0.3 is 0 Å². The van der Waals surface area contributed by atoms with Crippen LogP contribution in [-0.2, 0) is 11.1 Å². The van der Waals surface area contributed by atoms with Gasteiger partial charge in [-0.3, -0.25) is 4.99 Å². The molecule has 0 bridgehead atoms. The van der Waals surface area contributed by atoms with E-state index in [1.807, 2.05) is 0 Å². The Morgan fingerprint density at radius 1 is 0.702 bits per heavy atom. The number of para-hydroxylation sites is 1. The third-order valence-electron chi connectivity index (χ3n) is 10.5. The lowest BCUT2D eigenvalue weighted by atomic mass is 9.82. The number of nitrogens with one attached hydrogen (secondary N) is 1. The topological polar surface area (TPSA) is 29.3 Å². The second-order valence-electron chi connectivity index (χ2n) is 13.8. The van der Waals surface area contributed by atoms with E-state index in [4.69, 9.17) is 4.99 Å². The summed E-state index contributed by atoms with van der Waals surface area (Å²) in [4.78, 5) is 5.44. The molecule has 2 aliphatic carbocycles. The summed E-state index contributed by atoms with van der Waals surface area (Å²) in [7, 11) is 0. The summed E-state index contributed by atoms with van der Waals surface area (Å²) in [5, 5.41) is 6.41. The zero-order valence-corrected chi connectivity index (χ0v) is 27.1. The van der Waals surface area contributed by atoms with Crippen LogP contribution in [0.1, 0.15) is 55.9 Å². The van der Waals surface area contributed by atoms with Crippen molar-refractivity contribution in [3.63, 3.8) is 0 Å². The van der Waals surface area contributed by atoms with Gasteiger partial charge in [-0.25, -0.2) is 0 Å². The van der Waals surface area contributed by atoms with Crippen molar-refractivity contribution in [1.82, 2.24) is 9.88 Å². The standard InChI is InChI=1S/C44H37N3/c1-43(2)37-23-12-10-21-33(37)35-26-36-34-22-11-13-24-41(34)47(42(36)27-38(35)43)32-20-14-19-31(25-32)44(3)45-39(29-15-6-4-7-16-29)28-40(46-44)30-17-8-5-9-18-30/h4-8,10-17,19-28,45H,9,18H2,1-3H3. The van der Waals surface area contributed by atoms with E-state index in [0.717, 1.165) is 41.1 Å². The van der Waals surface area contributed by atoms with Crippen molar-refractivity contribution in [3.8, 4) is 16.8 Å². The molecule has 9 rings (SSSR count). The lowest BCUT2D eigenvalue weighted by Gasteiger charge is -2.35. The van der Waals surface area contributed by atoms with Gasteiger partial charge in [0.25, 0.3) is 0 Å². The molecule has 1 unspecified atom stereocenters. The van der Waals surface area contributed by atoms with Gasteiger partial charge in [0.05, 0.1) is 16.7 Å². The Labute approximate surface area is 276 Å². The Bertz CT molecular complexity index is 2360. The van der Waals surface area contributed by atoms with Gasteiger partial charge in [0, 0.05) is 33.1 Å². The van der Waals surface area contributed by atoms with Crippen molar-refractivity contribution in [2.24, 2.45) is 4.99 Å². The van der Waals surface area contributed by atoms with Crippen LogP contribution in [-0.4, -0.2) is 10.3 Å². The van der Waals surface area contributed by atoms with Gasteiger partial charge in [-0.1, -0.05) is 117 Å². The van der Waals surface area contributed by atoms with Crippen molar-refractivity contribution < 1.29 is 0 Å². The first kappa shape index (κ1) is 27.9. The molecule has 0 saturated carbocycles. The molecular formula is C44H37N3. The normalized spacial score (nSPS) is 19.5. The fraction of sp³-hybridized carbons (Fsp3) is 0.159. The van der Waals surface area contributed by atoms with Crippen molar-refractivity contribution in [3.05, 3.63) is 167 Å². The van der Waals surface area contributed by atoms with Gasteiger partial charge in [0.2, 0.25) is 0 Å². The van der Waals surface area contributed by atoms with Crippen LogP contribution < -0.4 is 5.32 Å². The van der Waals surface area contributed by atoms with Crippen LogP contribution >= 0.6 is 0 Å². The van der Waals surface area contributed by atoms with Crippen LogP contribution in [0.15, 0.2) is 150 Å². The molecule has 0 fully saturated rings. The minimum atomic E-state index is -0.656. The second kappa shape index (κ2) is 10.3. The van der Waals surface area contributed by atoms with E-state index in [1.165, 1.54) is 49.6 Å². The van der Waals surface area contributed by atoms with Crippen molar-refractivity contribution in [2.45, 2.75) is 44.7 Å².